The van der Waals surface area contributed by atoms with Gasteiger partial charge in [0.15, 0.2) is 0 Å². The van der Waals surface area contributed by atoms with Crippen LogP contribution in [0.5, 0.6) is 0 Å². The van der Waals surface area contributed by atoms with E-state index in [0.717, 1.165) is 35.5 Å². The maximum absolute atomic E-state index is 2.49. The van der Waals surface area contributed by atoms with Crippen molar-refractivity contribution in [3.63, 3.8) is 0 Å². The molecule has 3 fully saturated rings. The van der Waals surface area contributed by atoms with Gasteiger partial charge < -0.3 is 0 Å². The molecule has 3 aliphatic rings. The highest BCUT2D eigenvalue weighted by Gasteiger charge is 2.31. The fourth-order valence-electron chi connectivity index (χ4n) is 7.16. The van der Waals surface area contributed by atoms with Gasteiger partial charge in [-0.3, -0.25) is 0 Å². The molecule has 0 amide bonds. The third-order valence-corrected chi connectivity index (χ3v) is 9.55. The molecule has 0 aromatic heterocycles. The van der Waals surface area contributed by atoms with Gasteiger partial charge in [0, 0.05) is 0 Å². The molecule has 0 spiro atoms. The lowest BCUT2D eigenvalue weighted by Crippen LogP contribution is -2.26. The first kappa shape index (κ1) is 21.5. The average Bonchev–Trinajstić information content (AvgIpc) is 2.73. The molecule has 0 heteroatoms. The van der Waals surface area contributed by atoms with Crippen molar-refractivity contribution in [2.45, 2.75) is 117 Å². The van der Waals surface area contributed by atoms with Crippen LogP contribution < -0.4 is 0 Å². The Bertz CT molecular complexity index is 624. The van der Waals surface area contributed by atoms with Crippen LogP contribution in [0, 0.1) is 50.4 Å². The number of aryl methyl sites for hydroxylation is 2. The summed E-state index contributed by atoms with van der Waals surface area (Å²) < 4.78 is 0. The molecular weight excluding hydrogens is 348 g/mol. The molecular formula is C29H46. The van der Waals surface area contributed by atoms with Crippen LogP contribution >= 0.6 is 0 Å². The zero-order chi connectivity index (χ0) is 20.4. The van der Waals surface area contributed by atoms with Gasteiger partial charge in [-0.15, -0.1) is 0 Å². The lowest BCUT2D eigenvalue weighted by molar-refractivity contribution is 0.135. The molecule has 0 aliphatic heterocycles. The van der Waals surface area contributed by atoms with E-state index in [-0.39, 0.29) is 0 Å². The third kappa shape index (κ3) is 5.29. The Kier molecular flexibility index (Phi) is 7.08. The first-order chi connectivity index (χ1) is 14.0. The van der Waals surface area contributed by atoms with Gasteiger partial charge >= 0.3 is 0 Å². The van der Waals surface area contributed by atoms with E-state index in [1.807, 2.05) is 0 Å². The Morgan fingerprint density at radius 3 is 1.59 bits per heavy atom. The lowest BCUT2D eigenvalue weighted by atomic mass is 9.67. The molecule has 0 nitrogen and oxygen atoms in total. The van der Waals surface area contributed by atoms with E-state index in [9.17, 15) is 0 Å². The van der Waals surface area contributed by atoms with Crippen molar-refractivity contribution in [3.05, 3.63) is 34.4 Å². The first-order valence-corrected chi connectivity index (χ1v) is 13.1. The molecule has 0 N–H and O–H groups in total. The van der Waals surface area contributed by atoms with E-state index in [1.165, 1.54) is 55.2 Å². The summed E-state index contributed by atoms with van der Waals surface area (Å²) in [5.41, 5.74) is 6.10. The smallest absolute Gasteiger partial charge is 0.0162 e. The van der Waals surface area contributed by atoms with Crippen LogP contribution in [0.2, 0.25) is 0 Å². The summed E-state index contributed by atoms with van der Waals surface area (Å²) >= 11 is 0. The molecule has 0 radical (unpaired) electrons. The standard InChI is InChI=1S/C29H46/c1-20-5-11-26(12-6-20)27-13-7-24(8-14-27)19-25-9-15-28(16-10-25)29-17-21(2)23(4)22(3)18-29/h17-18,20,24-28H,5-16,19H2,1-4H3. The monoisotopic (exact) mass is 394 g/mol. The number of benzene rings is 1. The second-order valence-electron chi connectivity index (χ2n) is 11.5. The van der Waals surface area contributed by atoms with E-state index in [2.05, 4.69) is 39.8 Å². The summed E-state index contributed by atoms with van der Waals surface area (Å²) in [7, 11) is 0. The van der Waals surface area contributed by atoms with Gasteiger partial charge in [0.25, 0.3) is 0 Å². The average molecular weight is 395 g/mol. The quantitative estimate of drug-likeness (QED) is 0.478. The van der Waals surface area contributed by atoms with E-state index in [0.29, 0.717) is 0 Å². The molecule has 0 saturated heterocycles. The summed E-state index contributed by atoms with van der Waals surface area (Å²) in [5.74, 6) is 6.08. The van der Waals surface area contributed by atoms with Gasteiger partial charge in [0.05, 0.1) is 0 Å². The van der Waals surface area contributed by atoms with E-state index in [1.54, 1.807) is 50.5 Å². The van der Waals surface area contributed by atoms with E-state index >= 15 is 0 Å². The van der Waals surface area contributed by atoms with Gasteiger partial charge in [0.2, 0.25) is 0 Å². The third-order valence-electron chi connectivity index (χ3n) is 9.55. The van der Waals surface area contributed by atoms with E-state index < -0.39 is 0 Å². The van der Waals surface area contributed by atoms with Crippen molar-refractivity contribution >= 4 is 0 Å². The summed E-state index contributed by atoms with van der Waals surface area (Å²) in [5, 5.41) is 0. The molecule has 162 valence electrons. The van der Waals surface area contributed by atoms with Crippen LogP contribution in [0.4, 0.5) is 0 Å². The highest BCUT2D eigenvalue weighted by molar-refractivity contribution is 5.38. The Morgan fingerprint density at radius 2 is 1.07 bits per heavy atom. The summed E-state index contributed by atoms with van der Waals surface area (Å²) in [6.07, 6.45) is 19.7. The fourth-order valence-corrected chi connectivity index (χ4v) is 7.16. The minimum absolute atomic E-state index is 0.827. The lowest BCUT2D eigenvalue weighted by Gasteiger charge is -2.38. The van der Waals surface area contributed by atoms with E-state index in [4.69, 9.17) is 0 Å². The van der Waals surface area contributed by atoms with Crippen LogP contribution in [-0.4, -0.2) is 0 Å². The van der Waals surface area contributed by atoms with Crippen molar-refractivity contribution in [2.24, 2.45) is 29.6 Å². The highest BCUT2D eigenvalue weighted by atomic mass is 14.4. The molecule has 1 aromatic carbocycles. The van der Waals surface area contributed by atoms with Crippen LogP contribution in [0.25, 0.3) is 0 Å². The molecule has 0 atom stereocenters. The van der Waals surface area contributed by atoms with Gasteiger partial charge in [0.1, 0.15) is 0 Å². The molecule has 3 saturated carbocycles. The maximum atomic E-state index is 2.49. The van der Waals surface area contributed by atoms with Gasteiger partial charge in [-0.25, -0.2) is 0 Å². The number of rotatable bonds is 4. The topological polar surface area (TPSA) is 0 Å². The van der Waals surface area contributed by atoms with Crippen molar-refractivity contribution < 1.29 is 0 Å². The molecule has 3 aliphatic carbocycles. The zero-order valence-electron chi connectivity index (χ0n) is 19.8. The molecule has 0 bridgehead atoms. The predicted octanol–water partition coefficient (Wildman–Crippen LogP) is 8.91. The molecule has 1 aromatic rings. The van der Waals surface area contributed by atoms with Crippen LogP contribution in [0.1, 0.15) is 119 Å². The molecule has 4 rings (SSSR count). The van der Waals surface area contributed by atoms with Crippen molar-refractivity contribution in [2.75, 3.05) is 0 Å². The van der Waals surface area contributed by atoms with Gasteiger partial charge in [-0.2, -0.15) is 0 Å². The minimum atomic E-state index is 0.827. The molecule has 29 heavy (non-hydrogen) atoms. The second kappa shape index (κ2) is 9.57. The normalized spacial score (nSPS) is 36.1. The first-order valence-electron chi connectivity index (χ1n) is 13.1. The van der Waals surface area contributed by atoms with Crippen LogP contribution in [0.3, 0.4) is 0 Å². The van der Waals surface area contributed by atoms with Crippen molar-refractivity contribution in [3.8, 4) is 0 Å². The highest BCUT2D eigenvalue weighted by Crippen LogP contribution is 2.45. The van der Waals surface area contributed by atoms with Crippen molar-refractivity contribution in [1.29, 1.82) is 0 Å². The Balaban J connectivity index is 1.21. The Labute approximate surface area is 181 Å². The summed E-state index contributed by atoms with van der Waals surface area (Å²) in [4.78, 5) is 0. The van der Waals surface area contributed by atoms with Crippen LogP contribution in [0.15, 0.2) is 12.1 Å². The van der Waals surface area contributed by atoms with Gasteiger partial charge in [-0.1, -0.05) is 44.7 Å². The van der Waals surface area contributed by atoms with Crippen LogP contribution in [-0.2, 0) is 0 Å². The summed E-state index contributed by atoms with van der Waals surface area (Å²) in [6.45, 7) is 9.32. The maximum Gasteiger partial charge on any atom is -0.0162 e. The number of hydrogen-bond donors (Lipinski definition) is 0. The zero-order valence-corrected chi connectivity index (χ0v) is 19.8. The molecule has 0 heterocycles. The van der Waals surface area contributed by atoms with Crippen molar-refractivity contribution in [1.82, 2.24) is 0 Å². The number of hydrogen-bond acceptors (Lipinski definition) is 0. The predicted molar refractivity (Wildman–Crippen MR) is 127 cm³/mol. The fraction of sp³-hybridized carbons (Fsp3) is 0.793. The Hall–Kier alpha value is -0.780. The molecule has 0 unspecified atom stereocenters. The SMILES string of the molecule is Cc1cc(C2CCC(CC3CCC(C4CCC(C)CC4)CC3)CC2)cc(C)c1C. The largest absolute Gasteiger partial charge is 0.0625 e. The second-order valence-corrected chi connectivity index (χ2v) is 11.5. The Morgan fingerprint density at radius 1 is 0.621 bits per heavy atom. The minimum Gasteiger partial charge on any atom is -0.0625 e. The van der Waals surface area contributed by atoms with Gasteiger partial charge in [-0.05, 0) is 136 Å². The summed E-state index contributed by atoms with van der Waals surface area (Å²) in [6, 6.07) is 4.97.